The van der Waals surface area contributed by atoms with Crippen molar-refractivity contribution in [2.45, 2.75) is 44.6 Å². The van der Waals surface area contributed by atoms with Crippen LogP contribution in [0.2, 0.25) is 0 Å². The molecule has 2 rings (SSSR count). The Morgan fingerprint density at radius 2 is 1.94 bits per heavy atom. The number of benzene rings is 1. The van der Waals surface area contributed by atoms with Crippen molar-refractivity contribution in [2.75, 3.05) is 0 Å². The van der Waals surface area contributed by atoms with E-state index in [4.69, 9.17) is 0 Å². The molecule has 0 aromatic heterocycles. The quantitative estimate of drug-likeness (QED) is 0.750. The van der Waals surface area contributed by atoms with E-state index in [0.29, 0.717) is 0 Å². The van der Waals surface area contributed by atoms with Crippen molar-refractivity contribution in [1.29, 1.82) is 0 Å². The molecule has 0 heterocycles. The Balaban J connectivity index is 1.96. The lowest BCUT2D eigenvalue weighted by atomic mass is 9.94. The molecular weight excluding hydrogens is 196 g/mol. The van der Waals surface area contributed by atoms with Crippen LogP contribution in [-0.4, -0.2) is 11.2 Å². The summed E-state index contributed by atoms with van der Waals surface area (Å²) in [6, 6.07) is 10.6. The molecule has 0 saturated heterocycles. The second kappa shape index (κ2) is 5.86. The molecule has 16 heavy (non-hydrogen) atoms. The van der Waals surface area contributed by atoms with Gasteiger partial charge in [-0.25, -0.2) is 0 Å². The van der Waals surface area contributed by atoms with Crippen molar-refractivity contribution in [3.8, 4) is 0 Å². The SMILES string of the molecule is OC1CCC=C(Cc2ccccc2)CCC1. The van der Waals surface area contributed by atoms with Crippen LogP contribution in [0, 0.1) is 0 Å². The second-order valence-corrected chi connectivity index (χ2v) is 4.65. The largest absolute Gasteiger partial charge is 0.393 e. The second-order valence-electron chi connectivity index (χ2n) is 4.65. The summed E-state index contributed by atoms with van der Waals surface area (Å²) in [4.78, 5) is 0. The van der Waals surface area contributed by atoms with Crippen LogP contribution >= 0.6 is 0 Å². The maximum atomic E-state index is 9.56. The lowest BCUT2D eigenvalue weighted by molar-refractivity contribution is 0.151. The molecule has 1 aromatic rings. The monoisotopic (exact) mass is 216 g/mol. The lowest BCUT2D eigenvalue weighted by Crippen LogP contribution is -2.08. The number of aliphatic hydroxyl groups excluding tert-OH is 1. The minimum Gasteiger partial charge on any atom is -0.393 e. The molecule has 1 atom stereocenters. The van der Waals surface area contributed by atoms with E-state index in [0.717, 1.165) is 38.5 Å². The molecule has 1 nitrogen and oxygen atoms in total. The summed E-state index contributed by atoms with van der Waals surface area (Å²) in [5.41, 5.74) is 2.94. The van der Waals surface area contributed by atoms with Crippen LogP contribution in [-0.2, 0) is 6.42 Å². The van der Waals surface area contributed by atoms with Gasteiger partial charge in [-0.3, -0.25) is 0 Å². The van der Waals surface area contributed by atoms with Gasteiger partial charge in [0.05, 0.1) is 6.10 Å². The molecule has 0 saturated carbocycles. The first kappa shape index (κ1) is 11.4. The molecule has 1 aromatic carbocycles. The fourth-order valence-corrected chi connectivity index (χ4v) is 2.31. The van der Waals surface area contributed by atoms with Gasteiger partial charge in [-0.05, 0) is 44.1 Å². The average molecular weight is 216 g/mol. The van der Waals surface area contributed by atoms with Gasteiger partial charge >= 0.3 is 0 Å². The van der Waals surface area contributed by atoms with E-state index in [2.05, 4.69) is 36.4 Å². The van der Waals surface area contributed by atoms with Crippen LogP contribution in [0.1, 0.15) is 37.7 Å². The predicted molar refractivity (Wildman–Crippen MR) is 67.3 cm³/mol. The molecule has 0 bridgehead atoms. The molecule has 1 aliphatic rings. The molecule has 1 N–H and O–H groups in total. The number of allylic oxidation sites excluding steroid dienone is 2. The van der Waals surface area contributed by atoms with Gasteiger partial charge in [-0.1, -0.05) is 42.0 Å². The van der Waals surface area contributed by atoms with Crippen molar-refractivity contribution in [3.05, 3.63) is 47.5 Å². The molecule has 1 heteroatoms. The Morgan fingerprint density at radius 1 is 1.12 bits per heavy atom. The van der Waals surface area contributed by atoms with Crippen molar-refractivity contribution in [1.82, 2.24) is 0 Å². The van der Waals surface area contributed by atoms with Crippen LogP contribution in [0.5, 0.6) is 0 Å². The summed E-state index contributed by atoms with van der Waals surface area (Å²) in [5.74, 6) is 0. The maximum Gasteiger partial charge on any atom is 0.0543 e. The summed E-state index contributed by atoms with van der Waals surface area (Å²) in [6.45, 7) is 0. The van der Waals surface area contributed by atoms with Crippen molar-refractivity contribution < 1.29 is 5.11 Å². The first-order chi connectivity index (χ1) is 7.84. The zero-order valence-corrected chi connectivity index (χ0v) is 9.73. The minimum atomic E-state index is -0.0745. The predicted octanol–water partition coefficient (Wildman–Crippen LogP) is 3.48. The number of aliphatic hydroxyl groups is 1. The molecule has 1 unspecified atom stereocenters. The van der Waals surface area contributed by atoms with Crippen LogP contribution in [0.3, 0.4) is 0 Å². The van der Waals surface area contributed by atoms with E-state index in [1.54, 1.807) is 0 Å². The average Bonchev–Trinajstić information content (AvgIpc) is 2.27. The van der Waals surface area contributed by atoms with Gasteiger partial charge in [0.15, 0.2) is 0 Å². The molecule has 0 amide bonds. The maximum absolute atomic E-state index is 9.56. The van der Waals surface area contributed by atoms with Gasteiger partial charge < -0.3 is 5.11 Å². The molecule has 0 spiro atoms. The summed E-state index contributed by atoms with van der Waals surface area (Å²) in [6.07, 6.45) is 8.53. The van der Waals surface area contributed by atoms with E-state index in [1.165, 1.54) is 11.1 Å². The molecule has 0 fully saturated rings. The van der Waals surface area contributed by atoms with E-state index in [-0.39, 0.29) is 6.10 Å². The highest BCUT2D eigenvalue weighted by atomic mass is 16.3. The molecule has 86 valence electrons. The molecule has 0 aliphatic heterocycles. The van der Waals surface area contributed by atoms with Crippen LogP contribution in [0.25, 0.3) is 0 Å². The molecule has 0 radical (unpaired) electrons. The van der Waals surface area contributed by atoms with Crippen LogP contribution in [0.15, 0.2) is 42.0 Å². The van der Waals surface area contributed by atoms with Crippen molar-refractivity contribution >= 4 is 0 Å². The topological polar surface area (TPSA) is 20.2 Å². The van der Waals surface area contributed by atoms with Crippen LogP contribution < -0.4 is 0 Å². The van der Waals surface area contributed by atoms with Gasteiger partial charge in [0, 0.05) is 0 Å². The fraction of sp³-hybridized carbons (Fsp3) is 0.467. The van der Waals surface area contributed by atoms with Gasteiger partial charge in [-0.2, -0.15) is 0 Å². The van der Waals surface area contributed by atoms with E-state index >= 15 is 0 Å². The minimum absolute atomic E-state index is 0.0745. The first-order valence-electron chi connectivity index (χ1n) is 6.24. The summed E-state index contributed by atoms with van der Waals surface area (Å²) in [7, 11) is 0. The first-order valence-corrected chi connectivity index (χ1v) is 6.24. The Hall–Kier alpha value is -1.08. The van der Waals surface area contributed by atoms with Gasteiger partial charge in [0.25, 0.3) is 0 Å². The normalized spacial score (nSPS) is 22.1. The highest BCUT2D eigenvalue weighted by molar-refractivity contribution is 5.22. The Morgan fingerprint density at radius 3 is 2.75 bits per heavy atom. The molecule has 1 aliphatic carbocycles. The van der Waals surface area contributed by atoms with E-state index in [1.807, 2.05) is 0 Å². The number of rotatable bonds is 2. The third kappa shape index (κ3) is 3.49. The smallest absolute Gasteiger partial charge is 0.0543 e. The Bertz CT molecular complexity index is 340. The van der Waals surface area contributed by atoms with E-state index in [9.17, 15) is 5.11 Å². The van der Waals surface area contributed by atoms with E-state index < -0.39 is 0 Å². The number of hydrogen-bond acceptors (Lipinski definition) is 1. The van der Waals surface area contributed by atoms with Crippen molar-refractivity contribution in [3.63, 3.8) is 0 Å². The third-order valence-corrected chi connectivity index (χ3v) is 3.24. The third-order valence-electron chi connectivity index (χ3n) is 3.24. The summed E-state index contributed by atoms with van der Waals surface area (Å²) in [5, 5.41) is 9.56. The number of hydrogen-bond donors (Lipinski definition) is 1. The lowest BCUT2D eigenvalue weighted by Gasteiger charge is -2.15. The zero-order chi connectivity index (χ0) is 11.2. The standard InChI is InChI=1S/C15H20O/c16-15-10-4-8-14(9-5-11-15)12-13-6-2-1-3-7-13/h1-3,6-8,15-16H,4-5,9-12H2. The summed E-state index contributed by atoms with van der Waals surface area (Å²) >= 11 is 0. The highest BCUT2D eigenvalue weighted by Gasteiger charge is 2.08. The Labute approximate surface area is 97.8 Å². The van der Waals surface area contributed by atoms with Gasteiger partial charge in [0.2, 0.25) is 0 Å². The summed E-state index contributed by atoms with van der Waals surface area (Å²) < 4.78 is 0. The highest BCUT2D eigenvalue weighted by Crippen LogP contribution is 2.20. The van der Waals surface area contributed by atoms with Gasteiger partial charge in [-0.15, -0.1) is 0 Å². The fourth-order valence-electron chi connectivity index (χ4n) is 2.31. The molecular formula is C15H20O. The van der Waals surface area contributed by atoms with Crippen LogP contribution in [0.4, 0.5) is 0 Å². The van der Waals surface area contributed by atoms with Gasteiger partial charge in [0.1, 0.15) is 0 Å². The zero-order valence-electron chi connectivity index (χ0n) is 9.73. The Kier molecular flexibility index (Phi) is 4.17. The van der Waals surface area contributed by atoms with Crippen molar-refractivity contribution in [2.24, 2.45) is 0 Å².